The normalized spacial score (nSPS) is 30.6. The lowest BCUT2D eigenvalue weighted by atomic mass is 9.71. The molecule has 1 atom stereocenters. The summed E-state index contributed by atoms with van der Waals surface area (Å²) in [5.74, 6) is 0.785. The summed E-state index contributed by atoms with van der Waals surface area (Å²) in [6.07, 6.45) is 8.04. The Hall–Kier alpha value is -0.820. The molecular formula is C19H29N. The molecule has 1 aliphatic heterocycles. The van der Waals surface area contributed by atoms with Gasteiger partial charge in [0.25, 0.3) is 0 Å². The highest BCUT2D eigenvalue weighted by Crippen LogP contribution is 2.43. The summed E-state index contributed by atoms with van der Waals surface area (Å²) in [6.45, 7) is 8.37. The van der Waals surface area contributed by atoms with Gasteiger partial charge in [0.2, 0.25) is 0 Å². The van der Waals surface area contributed by atoms with Gasteiger partial charge in [-0.1, -0.05) is 38.1 Å². The van der Waals surface area contributed by atoms with E-state index < -0.39 is 0 Å². The van der Waals surface area contributed by atoms with E-state index >= 15 is 0 Å². The number of rotatable bonds is 2. The van der Waals surface area contributed by atoms with E-state index in [-0.39, 0.29) is 5.54 Å². The van der Waals surface area contributed by atoms with Crippen LogP contribution in [0, 0.1) is 5.41 Å². The van der Waals surface area contributed by atoms with Crippen LogP contribution < -0.4 is 5.32 Å². The number of nitrogens with one attached hydrogen (secondary N) is 1. The van der Waals surface area contributed by atoms with Crippen molar-refractivity contribution < 1.29 is 0 Å². The average molecular weight is 271 g/mol. The van der Waals surface area contributed by atoms with Crippen LogP contribution in [0.4, 0.5) is 0 Å². The predicted octanol–water partition coefficient (Wildman–Crippen LogP) is 4.97. The Balaban J connectivity index is 1.78. The first-order valence-electron chi connectivity index (χ1n) is 8.34. The van der Waals surface area contributed by atoms with E-state index in [0.717, 1.165) is 5.92 Å². The van der Waals surface area contributed by atoms with Crippen molar-refractivity contribution in [3.05, 3.63) is 35.4 Å². The van der Waals surface area contributed by atoms with E-state index in [9.17, 15) is 0 Å². The Bertz CT molecular complexity index is 458. The molecular weight excluding hydrogens is 242 g/mol. The molecule has 1 heteroatoms. The van der Waals surface area contributed by atoms with Crippen molar-refractivity contribution in [2.45, 2.75) is 70.8 Å². The second-order valence-corrected chi connectivity index (χ2v) is 7.93. The van der Waals surface area contributed by atoms with Crippen molar-refractivity contribution in [1.29, 1.82) is 0 Å². The first-order valence-corrected chi connectivity index (χ1v) is 8.34. The summed E-state index contributed by atoms with van der Waals surface area (Å²) in [6, 6.07) is 9.43. The second-order valence-electron chi connectivity index (χ2n) is 7.93. The molecule has 1 nitrogen and oxygen atoms in total. The van der Waals surface area contributed by atoms with Gasteiger partial charge in [-0.05, 0) is 74.5 Å². The fourth-order valence-electron chi connectivity index (χ4n) is 4.01. The van der Waals surface area contributed by atoms with Crippen LogP contribution >= 0.6 is 0 Å². The van der Waals surface area contributed by atoms with E-state index in [1.807, 2.05) is 0 Å². The van der Waals surface area contributed by atoms with E-state index in [0.29, 0.717) is 5.41 Å². The summed E-state index contributed by atoms with van der Waals surface area (Å²) in [4.78, 5) is 0. The van der Waals surface area contributed by atoms with E-state index in [1.54, 1.807) is 5.56 Å². The van der Waals surface area contributed by atoms with Crippen molar-refractivity contribution >= 4 is 0 Å². The third kappa shape index (κ3) is 2.79. The van der Waals surface area contributed by atoms with E-state index in [1.165, 1.54) is 50.6 Å². The minimum atomic E-state index is 0.212. The number of benzene rings is 1. The van der Waals surface area contributed by atoms with Crippen LogP contribution in [0.25, 0.3) is 0 Å². The summed E-state index contributed by atoms with van der Waals surface area (Å²) in [5.41, 5.74) is 3.85. The Morgan fingerprint density at radius 1 is 1.05 bits per heavy atom. The van der Waals surface area contributed by atoms with Crippen molar-refractivity contribution in [2.75, 3.05) is 6.54 Å². The highest BCUT2D eigenvalue weighted by molar-refractivity contribution is 5.32. The molecule has 3 rings (SSSR count). The van der Waals surface area contributed by atoms with Crippen LogP contribution in [0.1, 0.15) is 76.3 Å². The Labute approximate surface area is 124 Å². The van der Waals surface area contributed by atoms with Crippen LogP contribution in [0.5, 0.6) is 0 Å². The maximum Gasteiger partial charge on any atom is 0.0406 e. The minimum absolute atomic E-state index is 0.212. The van der Waals surface area contributed by atoms with Gasteiger partial charge < -0.3 is 5.32 Å². The third-order valence-corrected chi connectivity index (χ3v) is 5.70. The van der Waals surface area contributed by atoms with Crippen molar-refractivity contribution in [1.82, 2.24) is 5.32 Å². The maximum atomic E-state index is 3.69. The van der Waals surface area contributed by atoms with Gasteiger partial charge in [-0.15, -0.1) is 0 Å². The van der Waals surface area contributed by atoms with Crippen molar-refractivity contribution in [2.24, 2.45) is 5.41 Å². The molecule has 1 N–H and O–H groups in total. The molecule has 1 heterocycles. The third-order valence-electron chi connectivity index (χ3n) is 5.70. The van der Waals surface area contributed by atoms with E-state index in [4.69, 9.17) is 0 Å². The van der Waals surface area contributed by atoms with Gasteiger partial charge in [-0.2, -0.15) is 0 Å². The summed E-state index contributed by atoms with van der Waals surface area (Å²) < 4.78 is 0. The molecule has 1 unspecified atom stereocenters. The highest BCUT2D eigenvalue weighted by atomic mass is 15.0. The molecule has 1 saturated carbocycles. The molecule has 1 aliphatic carbocycles. The molecule has 2 aliphatic rings. The van der Waals surface area contributed by atoms with Gasteiger partial charge in [0, 0.05) is 5.54 Å². The molecule has 0 spiro atoms. The van der Waals surface area contributed by atoms with Gasteiger partial charge >= 0.3 is 0 Å². The molecule has 0 radical (unpaired) electrons. The van der Waals surface area contributed by atoms with Crippen LogP contribution in [0.15, 0.2) is 24.3 Å². The zero-order chi connectivity index (χ0) is 14.2. The smallest absolute Gasteiger partial charge is 0.0406 e. The average Bonchev–Trinajstić information content (AvgIpc) is 2.87. The topological polar surface area (TPSA) is 12.0 Å². The molecule has 1 saturated heterocycles. The first kappa shape index (κ1) is 14.1. The standard InChI is InChI=1S/C19H29N/c1-18(2)11-8-15(9-12-18)16-6-4-7-17(14-16)19(3)10-5-13-20-19/h4,6-7,14-15,20H,5,8-13H2,1-3H3. The van der Waals surface area contributed by atoms with Gasteiger partial charge in [0.15, 0.2) is 0 Å². The Kier molecular flexibility index (Phi) is 3.66. The zero-order valence-corrected chi connectivity index (χ0v) is 13.3. The predicted molar refractivity (Wildman–Crippen MR) is 86.0 cm³/mol. The molecule has 2 fully saturated rings. The zero-order valence-electron chi connectivity index (χ0n) is 13.3. The summed E-state index contributed by atoms with van der Waals surface area (Å²) in [7, 11) is 0. The van der Waals surface area contributed by atoms with Gasteiger partial charge in [-0.3, -0.25) is 0 Å². The molecule has 1 aromatic carbocycles. The Morgan fingerprint density at radius 3 is 2.45 bits per heavy atom. The first-order chi connectivity index (χ1) is 9.49. The van der Waals surface area contributed by atoms with E-state index in [2.05, 4.69) is 50.4 Å². The van der Waals surface area contributed by atoms with Crippen molar-refractivity contribution in [3.8, 4) is 0 Å². The van der Waals surface area contributed by atoms with Gasteiger partial charge in [-0.25, -0.2) is 0 Å². The lowest BCUT2D eigenvalue weighted by Crippen LogP contribution is -2.33. The summed E-state index contributed by atoms with van der Waals surface area (Å²) in [5, 5.41) is 3.69. The van der Waals surface area contributed by atoms with Crippen molar-refractivity contribution in [3.63, 3.8) is 0 Å². The molecule has 0 amide bonds. The lowest BCUT2D eigenvalue weighted by Gasteiger charge is -2.35. The monoisotopic (exact) mass is 271 g/mol. The fraction of sp³-hybridized carbons (Fsp3) is 0.684. The Morgan fingerprint density at radius 2 is 1.80 bits per heavy atom. The van der Waals surface area contributed by atoms with Gasteiger partial charge in [0.1, 0.15) is 0 Å². The van der Waals surface area contributed by atoms with Gasteiger partial charge in [0.05, 0.1) is 0 Å². The quantitative estimate of drug-likeness (QED) is 0.801. The fourth-order valence-corrected chi connectivity index (χ4v) is 4.01. The number of hydrogen-bond acceptors (Lipinski definition) is 1. The second kappa shape index (κ2) is 5.18. The molecule has 110 valence electrons. The molecule has 1 aromatic rings. The lowest BCUT2D eigenvalue weighted by molar-refractivity contribution is 0.224. The highest BCUT2D eigenvalue weighted by Gasteiger charge is 2.31. The minimum Gasteiger partial charge on any atom is -0.308 e. The van der Waals surface area contributed by atoms with Crippen LogP contribution in [-0.2, 0) is 5.54 Å². The number of hydrogen-bond donors (Lipinski definition) is 1. The SMILES string of the molecule is CC1(C)CCC(c2cccc(C3(C)CCCN3)c2)CC1. The molecule has 20 heavy (non-hydrogen) atoms. The molecule has 0 aromatic heterocycles. The van der Waals surface area contributed by atoms with Crippen LogP contribution in [-0.4, -0.2) is 6.54 Å². The molecule has 0 bridgehead atoms. The largest absolute Gasteiger partial charge is 0.308 e. The maximum absolute atomic E-state index is 3.69. The summed E-state index contributed by atoms with van der Waals surface area (Å²) >= 11 is 0. The van der Waals surface area contributed by atoms with Crippen LogP contribution in [0.3, 0.4) is 0 Å². The van der Waals surface area contributed by atoms with Crippen LogP contribution in [0.2, 0.25) is 0 Å².